The zero-order chi connectivity index (χ0) is 22.9. The van der Waals surface area contributed by atoms with Crippen LogP contribution < -0.4 is 4.74 Å². The molecule has 0 atom stereocenters. The Balaban J connectivity index is 1.36. The lowest BCUT2D eigenvalue weighted by Crippen LogP contribution is -2.27. The van der Waals surface area contributed by atoms with Gasteiger partial charge in [0.05, 0.1) is 20.2 Å². The number of aromatic amines is 1. The number of ether oxygens (including phenoxy) is 1. The zero-order valence-corrected chi connectivity index (χ0v) is 20.3. The number of halogens is 1. The lowest BCUT2D eigenvalue weighted by Gasteiger charge is -2.21. The van der Waals surface area contributed by atoms with E-state index in [1.54, 1.807) is 13.4 Å². The molecule has 0 aliphatic rings. The Morgan fingerprint density at radius 1 is 1.00 bits per heavy atom. The lowest BCUT2D eigenvalue weighted by molar-refractivity contribution is 0.243. The Bertz CT molecular complexity index is 1090. The van der Waals surface area contributed by atoms with E-state index in [-0.39, 0.29) is 0 Å². The van der Waals surface area contributed by atoms with Crippen LogP contribution in [0.2, 0.25) is 0 Å². The van der Waals surface area contributed by atoms with Crippen LogP contribution >= 0.6 is 15.9 Å². The van der Waals surface area contributed by atoms with Gasteiger partial charge in [0.2, 0.25) is 0 Å². The summed E-state index contributed by atoms with van der Waals surface area (Å²) < 4.78 is 8.48. The Hall–Kier alpha value is -3.04. The molecular formula is C24H28BrN7O. The Kier molecular flexibility index (Phi) is 8.21. The highest BCUT2D eigenvalue weighted by Gasteiger charge is 2.14. The summed E-state index contributed by atoms with van der Waals surface area (Å²) in [5, 5.41) is 15.5. The normalized spacial score (nSPS) is 11.2. The Morgan fingerprint density at radius 3 is 2.48 bits per heavy atom. The first-order valence-corrected chi connectivity index (χ1v) is 11.8. The van der Waals surface area contributed by atoms with E-state index in [1.807, 2.05) is 18.5 Å². The monoisotopic (exact) mass is 509 g/mol. The third-order valence-electron chi connectivity index (χ3n) is 5.55. The van der Waals surface area contributed by atoms with Crippen molar-refractivity contribution >= 4 is 15.9 Å². The first-order valence-electron chi connectivity index (χ1n) is 11.0. The smallest absolute Gasteiger partial charge is 0.147 e. The number of aryl methyl sites for hydroxylation is 2. The minimum absolute atomic E-state index is 0.676. The fourth-order valence-electron chi connectivity index (χ4n) is 3.70. The molecule has 0 saturated heterocycles. The summed E-state index contributed by atoms with van der Waals surface area (Å²) in [5.74, 6) is 2.69. The van der Waals surface area contributed by atoms with Crippen molar-refractivity contribution in [2.24, 2.45) is 0 Å². The van der Waals surface area contributed by atoms with Crippen molar-refractivity contribution in [2.75, 3.05) is 13.7 Å². The molecule has 0 unspecified atom stereocenters. The molecule has 33 heavy (non-hydrogen) atoms. The van der Waals surface area contributed by atoms with Crippen LogP contribution in [0.15, 0.2) is 65.7 Å². The van der Waals surface area contributed by atoms with Crippen LogP contribution in [-0.2, 0) is 32.5 Å². The molecule has 9 heteroatoms. The van der Waals surface area contributed by atoms with Gasteiger partial charge in [-0.1, -0.05) is 40.2 Å². The largest absolute Gasteiger partial charge is 0.497 e. The number of H-pyrrole nitrogens is 1. The predicted molar refractivity (Wildman–Crippen MR) is 130 cm³/mol. The van der Waals surface area contributed by atoms with Crippen molar-refractivity contribution in [1.29, 1.82) is 0 Å². The molecule has 2 aromatic carbocycles. The maximum Gasteiger partial charge on any atom is 0.147 e. The molecule has 0 aliphatic heterocycles. The van der Waals surface area contributed by atoms with Crippen molar-refractivity contribution in [3.63, 3.8) is 0 Å². The molecule has 0 aliphatic carbocycles. The van der Waals surface area contributed by atoms with Crippen LogP contribution in [0.25, 0.3) is 0 Å². The number of methoxy groups -OCH3 is 1. The van der Waals surface area contributed by atoms with Crippen LogP contribution in [0.1, 0.15) is 29.2 Å². The van der Waals surface area contributed by atoms with Crippen molar-refractivity contribution in [3.8, 4) is 5.75 Å². The molecule has 0 spiro atoms. The van der Waals surface area contributed by atoms with E-state index in [0.717, 1.165) is 54.2 Å². The van der Waals surface area contributed by atoms with E-state index < -0.39 is 0 Å². The number of nitrogens with zero attached hydrogens (tertiary/aromatic N) is 6. The van der Waals surface area contributed by atoms with E-state index in [9.17, 15) is 0 Å². The van der Waals surface area contributed by atoms with E-state index in [4.69, 9.17) is 4.74 Å². The molecule has 0 saturated carbocycles. The molecule has 0 amide bonds. The summed E-state index contributed by atoms with van der Waals surface area (Å²) in [4.78, 5) is 6.63. The first kappa shape index (κ1) is 23.1. The molecule has 8 nitrogen and oxygen atoms in total. The van der Waals surface area contributed by atoms with Crippen LogP contribution in [0.4, 0.5) is 0 Å². The average molecular weight is 510 g/mol. The second-order valence-electron chi connectivity index (χ2n) is 7.91. The number of aromatic nitrogens is 6. The third-order valence-corrected chi connectivity index (χ3v) is 6.08. The minimum Gasteiger partial charge on any atom is -0.497 e. The molecular weight excluding hydrogens is 482 g/mol. The molecule has 4 aromatic rings. The molecule has 0 fully saturated rings. The van der Waals surface area contributed by atoms with Crippen LogP contribution in [0.5, 0.6) is 5.75 Å². The topological polar surface area (TPSA) is 84.8 Å². The standard InChI is InChI=1S/C24H28BrN7O/c1-33-22-10-6-19(7-11-22)3-2-13-32-18-28-30-24(32)16-31(15-23-26-17-27-29-23)14-12-20-4-8-21(25)9-5-20/h4-11,17-18H,2-3,12-16H2,1H3,(H,26,27,29). The van der Waals surface area contributed by atoms with Crippen LogP contribution in [0, 0.1) is 0 Å². The number of nitrogens with one attached hydrogen (secondary N) is 1. The second kappa shape index (κ2) is 11.7. The fourth-order valence-corrected chi connectivity index (χ4v) is 3.97. The third kappa shape index (κ3) is 6.97. The lowest BCUT2D eigenvalue weighted by atomic mass is 10.1. The van der Waals surface area contributed by atoms with Gasteiger partial charge in [0, 0.05) is 17.6 Å². The summed E-state index contributed by atoms with van der Waals surface area (Å²) in [6, 6.07) is 16.7. The predicted octanol–water partition coefficient (Wildman–Crippen LogP) is 4.05. The summed E-state index contributed by atoms with van der Waals surface area (Å²) in [5.41, 5.74) is 2.59. The second-order valence-corrected chi connectivity index (χ2v) is 8.83. The Morgan fingerprint density at radius 2 is 1.76 bits per heavy atom. The molecule has 172 valence electrons. The van der Waals surface area contributed by atoms with Crippen LogP contribution in [0.3, 0.4) is 0 Å². The van der Waals surface area contributed by atoms with E-state index in [0.29, 0.717) is 13.1 Å². The van der Waals surface area contributed by atoms with Crippen molar-refractivity contribution in [1.82, 2.24) is 34.8 Å². The summed E-state index contributed by atoms with van der Waals surface area (Å²) in [6.45, 7) is 3.12. The summed E-state index contributed by atoms with van der Waals surface area (Å²) in [7, 11) is 1.69. The highest BCUT2D eigenvalue weighted by Crippen LogP contribution is 2.15. The van der Waals surface area contributed by atoms with Gasteiger partial charge in [-0.2, -0.15) is 5.10 Å². The number of hydrogen-bond donors (Lipinski definition) is 1. The van der Waals surface area contributed by atoms with Gasteiger partial charge in [-0.25, -0.2) is 4.98 Å². The van der Waals surface area contributed by atoms with E-state index in [1.165, 1.54) is 11.1 Å². The maximum absolute atomic E-state index is 5.24. The Labute approximate surface area is 202 Å². The quantitative estimate of drug-likeness (QED) is 0.310. The van der Waals surface area contributed by atoms with Crippen molar-refractivity contribution < 1.29 is 4.74 Å². The van der Waals surface area contributed by atoms with E-state index >= 15 is 0 Å². The van der Waals surface area contributed by atoms with Gasteiger partial charge in [0.1, 0.15) is 30.1 Å². The molecule has 4 rings (SSSR count). The van der Waals surface area contributed by atoms with E-state index in [2.05, 4.69) is 87.2 Å². The minimum atomic E-state index is 0.676. The molecule has 2 aromatic heterocycles. The average Bonchev–Trinajstić information content (AvgIpc) is 3.51. The van der Waals surface area contributed by atoms with Gasteiger partial charge in [0.25, 0.3) is 0 Å². The van der Waals surface area contributed by atoms with Gasteiger partial charge in [-0.05, 0) is 54.7 Å². The van der Waals surface area contributed by atoms with Gasteiger partial charge >= 0.3 is 0 Å². The van der Waals surface area contributed by atoms with Crippen molar-refractivity contribution in [3.05, 3.63) is 88.4 Å². The highest BCUT2D eigenvalue weighted by molar-refractivity contribution is 9.10. The van der Waals surface area contributed by atoms with Gasteiger partial charge < -0.3 is 9.30 Å². The molecule has 0 radical (unpaired) electrons. The zero-order valence-electron chi connectivity index (χ0n) is 18.7. The van der Waals surface area contributed by atoms with Crippen LogP contribution in [-0.4, -0.2) is 48.5 Å². The molecule has 0 bridgehead atoms. The fraction of sp³-hybridized carbons (Fsp3) is 0.333. The summed E-state index contributed by atoms with van der Waals surface area (Å²) >= 11 is 3.50. The molecule has 1 N–H and O–H groups in total. The van der Waals surface area contributed by atoms with Gasteiger partial charge in [0.15, 0.2) is 0 Å². The first-order chi connectivity index (χ1) is 16.2. The van der Waals surface area contributed by atoms with Gasteiger partial charge in [-0.15, -0.1) is 10.2 Å². The maximum atomic E-state index is 5.24. The number of rotatable bonds is 12. The van der Waals surface area contributed by atoms with Crippen molar-refractivity contribution in [2.45, 2.75) is 38.9 Å². The summed E-state index contributed by atoms with van der Waals surface area (Å²) in [6.07, 6.45) is 6.31. The SMILES string of the molecule is COc1ccc(CCCn2cnnc2CN(CCc2ccc(Br)cc2)Cc2ncn[nH]2)cc1. The number of benzene rings is 2. The number of hydrogen-bond acceptors (Lipinski definition) is 6. The van der Waals surface area contributed by atoms with Gasteiger partial charge in [-0.3, -0.25) is 10.00 Å². The molecule has 2 heterocycles. The highest BCUT2D eigenvalue weighted by atomic mass is 79.9.